The molecule has 0 spiro atoms. The van der Waals surface area contributed by atoms with E-state index in [-0.39, 0.29) is 0 Å². The normalized spacial score (nSPS) is 11.1. The van der Waals surface area contributed by atoms with E-state index in [1.165, 1.54) is 0 Å². The molecular formula is C16H11ClN4. The second-order valence-electron chi connectivity index (χ2n) is 4.72. The standard InChI is InChI=1S/C16H11ClN4/c17-11-5-7-12(8-6-11)18-15-9-10-21-14-4-2-1-3-13(14)19-16(21)20-15/h1-10H,(H,18,19,20). The predicted molar refractivity (Wildman–Crippen MR) is 85.2 cm³/mol. The predicted octanol–water partition coefficient (Wildman–Crippen LogP) is 4.28. The van der Waals surface area contributed by atoms with Gasteiger partial charge in [-0.25, -0.2) is 4.98 Å². The molecule has 0 amide bonds. The minimum absolute atomic E-state index is 0.676. The second-order valence-corrected chi connectivity index (χ2v) is 5.15. The number of benzene rings is 2. The molecule has 5 heteroatoms. The van der Waals surface area contributed by atoms with Gasteiger partial charge in [0.15, 0.2) is 0 Å². The van der Waals surface area contributed by atoms with Gasteiger partial charge in [0.1, 0.15) is 5.82 Å². The van der Waals surface area contributed by atoms with Crippen LogP contribution in [0, 0.1) is 0 Å². The number of nitrogens with zero attached hydrogens (tertiary/aromatic N) is 3. The van der Waals surface area contributed by atoms with Gasteiger partial charge in [0, 0.05) is 16.9 Å². The van der Waals surface area contributed by atoms with Crippen LogP contribution < -0.4 is 5.32 Å². The van der Waals surface area contributed by atoms with E-state index < -0.39 is 0 Å². The molecular weight excluding hydrogens is 284 g/mol. The van der Waals surface area contributed by atoms with Crippen LogP contribution in [0.25, 0.3) is 16.8 Å². The lowest BCUT2D eigenvalue weighted by Gasteiger charge is -2.05. The van der Waals surface area contributed by atoms with Crippen LogP contribution in [0.1, 0.15) is 0 Å². The smallest absolute Gasteiger partial charge is 0.236 e. The summed E-state index contributed by atoms with van der Waals surface area (Å²) < 4.78 is 1.97. The van der Waals surface area contributed by atoms with Crippen LogP contribution in [0.5, 0.6) is 0 Å². The summed E-state index contributed by atoms with van der Waals surface area (Å²) in [4.78, 5) is 9.06. The molecule has 0 aliphatic rings. The van der Waals surface area contributed by atoms with Gasteiger partial charge < -0.3 is 5.32 Å². The van der Waals surface area contributed by atoms with Crippen molar-refractivity contribution in [3.8, 4) is 0 Å². The molecule has 0 atom stereocenters. The quantitative estimate of drug-likeness (QED) is 0.600. The maximum atomic E-state index is 5.88. The molecule has 4 rings (SSSR count). The van der Waals surface area contributed by atoms with Crippen LogP contribution in [0.4, 0.5) is 11.5 Å². The third-order valence-corrected chi connectivity index (χ3v) is 3.55. The third-order valence-electron chi connectivity index (χ3n) is 3.30. The molecule has 0 unspecified atom stereocenters. The Balaban J connectivity index is 1.76. The first-order valence-corrected chi connectivity index (χ1v) is 6.94. The molecule has 2 aromatic heterocycles. The first-order valence-electron chi connectivity index (χ1n) is 6.56. The zero-order valence-electron chi connectivity index (χ0n) is 11.0. The Morgan fingerprint density at radius 3 is 2.57 bits per heavy atom. The highest BCUT2D eigenvalue weighted by atomic mass is 35.5. The summed E-state index contributed by atoms with van der Waals surface area (Å²) in [7, 11) is 0. The van der Waals surface area contributed by atoms with Crippen molar-refractivity contribution in [2.75, 3.05) is 5.32 Å². The average molecular weight is 295 g/mol. The molecule has 0 saturated carbocycles. The van der Waals surface area contributed by atoms with Crippen molar-refractivity contribution in [1.29, 1.82) is 0 Å². The molecule has 0 fully saturated rings. The van der Waals surface area contributed by atoms with Crippen LogP contribution in [0.2, 0.25) is 5.02 Å². The monoisotopic (exact) mass is 294 g/mol. The van der Waals surface area contributed by atoms with Crippen molar-refractivity contribution in [2.24, 2.45) is 0 Å². The summed E-state index contributed by atoms with van der Waals surface area (Å²) in [6.45, 7) is 0. The Labute approximate surface area is 126 Å². The van der Waals surface area contributed by atoms with E-state index in [2.05, 4.69) is 15.3 Å². The van der Waals surface area contributed by atoms with Crippen LogP contribution >= 0.6 is 11.6 Å². The number of halogens is 1. The Morgan fingerprint density at radius 2 is 1.71 bits per heavy atom. The van der Waals surface area contributed by atoms with E-state index in [1.54, 1.807) is 0 Å². The van der Waals surface area contributed by atoms with E-state index in [4.69, 9.17) is 11.6 Å². The summed E-state index contributed by atoms with van der Waals surface area (Å²) in [6, 6.07) is 17.4. The van der Waals surface area contributed by atoms with Gasteiger partial charge in [-0.3, -0.25) is 4.40 Å². The molecule has 0 radical (unpaired) electrons. The summed E-state index contributed by atoms with van der Waals surface area (Å²) in [6.07, 6.45) is 1.97. The van der Waals surface area contributed by atoms with Gasteiger partial charge >= 0.3 is 0 Å². The molecule has 21 heavy (non-hydrogen) atoms. The van der Waals surface area contributed by atoms with Crippen molar-refractivity contribution in [3.63, 3.8) is 0 Å². The van der Waals surface area contributed by atoms with E-state index in [0.717, 1.165) is 22.5 Å². The van der Waals surface area contributed by atoms with Gasteiger partial charge in [-0.1, -0.05) is 23.7 Å². The first kappa shape index (κ1) is 12.2. The average Bonchev–Trinajstić information content (AvgIpc) is 2.87. The molecule has 102 valence electrons. The number of aromatic nitrogens is 3. The molecule has 0 saturated heterocycles. The maximum Gasteiger partial charge on any atom is 0.236 e. The van der Waals surface area contributed by atoms with Crippen molar-refractivity contribution in [1.82, 2.24) is 14.4 Å². The van der Waals surface area contributed by atoms with Gasteiger partial charge in [0.2, 0.25) is 5.78 Å². The number of para-hydroxylation sites is 2. The van der Waals surface area contributed by atoms with Crippen molar-refractivity contribution in [3.05, 3.63) is 65.8 Å². The van der Waals surface area contributed by atoms with Crippen molar-refractivity contribution >= 4 is 39.9 Å². The van der Waals surface area contributed by atoms with Crippen molar-refractivity contribution in [2.45, 2.75) is 0 Å². The van der Waals surface area contributed by atoms with E-state index in [9.17, 15) is 0 Å². The highest BCUT2D eigenvalue weighted by molar-refractivity contribution is 6.30. The lowest BCUT2D eigenvalue weighted by Crippen LogP contribution is -1.96. The SMILES string of the molecule is Clc1ccc(Nc2ccn3c(n2)nc2ccccc23)cc1. The number of anilines is 2. The fourth-order valence-corrected chi connectivity index (χ4v) is 2.42. The molecule has 2 heterocycles. The summed E-state index contributed by atoms with van der Waals surface area (Å²) in [5.41, 5.74) is 2.93. The Hall–Kier alpha value is -2.59. The zero-order chi connectivity index (χ0) is 14.2. The topological polar surface area (TPSA) is 42.2 Å². The van der Waals surface area contributed by atoms with E-state index in [1.807, 2.05) is 65.2 Å². The summed E-state index contributed by atoms with van der Waals surface area (Å²) >= 11 is 5.88. The number of imidazole rings is 1. The highest BCUT2D eigenvalue weighted by Crippen LogP contribution is 2.20. The van der Waals surface area contributed by atoms with Crippen LogP contribution in [-0.2, 0) is 0 Å². The number of rotatable bonds is 2. The summed E-state index contributed by atoms with van der Waals surface area (Å²) in [5, 5.41) is 3.96. The molecule has 1 N–H and O–H groups in total. The summed E-state index contributed by atoms with van der Waals surface area (Å²) in [5.74, 6) is 1.43. The van der Waals surface area contributed by atoms with Crippen LogP contribution in [-0.4, -0.2) is 14.4 Å². The maximum absolute atomic E-state index is 5.88. The molecule has 2 aromatic carbocycles. The second kappa shape index (κ2) is 4.75. The molecule has 0 aliphatic carbocycles. The zero-order valence-corrected chi connectivity index (χ0v) is 11.7. The Morgan fingerprint density at radius 1 is 0.905 bits per heavy atom. The van der Waals surface area contributed by atoms with Crippen LogP contribution in [0.3, 0.4) is 0 Å². The number of nitrogens with one attached hydrogen (secondary N) is 1. The molecule has 4 aromatic rings. The van der Waals surface area contributed by atoms with Gasteiger partial charge in [0.05, 0.1) is 11.0 Å². The Bertz CT molecular complexity index is 928. The van der Waals surface area contributed by atoms with E-state index in [0.29, 0.717) is 10.8 Å². The first-order chi connectivity index (χ1) is 10.3. The minimum Gasteiger partial charge on any atom is -0.340 e. The molecule has 0 aliphatic heterocycles. The molecule has 4 nitrogen and oxygen atoms in total. The fourth-order valence-electron chi connectivity index (χ4n) is 2.30. The van der Waals surface area contributed by atoms with E-state index >= 15 is 0 Å². The minimum atomic E-state index is 0.676. The van der Waals surface area contributed by atoms with Gasteiger partial charge in [-0.05, 0) is 42.5 Å². The van der Waals surface area contributed by atoms with Gasteiger partial charge in [0.25, 0.3) is 0 Å². The number of fused-ring (bicyclic) bond motifs is 3. The Kier molecular flexibility index (Phi) is 2.75. The third kappa shape index (κ3) is 2.19. The van der Waals surface area contributed by atoms with Gasteiger partial charge in [-0.2, -0.15) is 4.98 Å². The van der Waals surface area contributed by atoms with Crippen molar-refractivity contribution < 1.29 is 0 Å². The van der Waals surface area contributed by atoms with Crippen LogP contribution in [0.15, 0.2) is 60.8 Å². The fraction of sp³-hybridized carbons (Fsp3) is 0. The largest absolute Gasteiger partial charge is 0.340 e. The lowest BCUT2D eigenvalue weighted by atomic mass is 10.3. The van der Waals surface area contributed by atoms with Gasteiger partial charge in [-0.15, -0.1) is 0 Å². The highest BCUT2D eigenvalue weighted by Gasteiger charge is 2.05. The number of hydrogen-bond acceptors (Lipinski definition) is 3. The lowest BCUT2D eigenvalue weighted by molar-refractivity contribution is 1.14. The molecule has 0 bridgehead atoms. The number of hydrogen-bond donors (Lipinski definition) is 1.